The van der Waals surface area contributed by atoms with Crippen LogP contribution in [-0.4, -0.2) is 38.4 Å². The molecule has 1 N–H and O–H groups in total. The molecule has 1 aliphatic heterocycles. The number of nitrogens with one attached hydrogen (secondary N) is 1. The molecule has 0 radical (unpaired) electrons. The molecule has 4 aromatic rings. The van der Waals surface area contributed by atoms with Crippen LogP contribution in [0.15, 0.2) is 47.7 Å². The third kappa shape index (κ3) is 2.82. The van der Waals surface area contributed by atoms with Gasteiger partial charge in [0.15, 0.2) is 5.43 Å². The van der Waals surface area contributed by atoms with Crippen LogP contribution >= 0.6 is 22.9 Å². The Morgan fingerprint density at radius 3 is 2.75 bits per heavy atom. The Balaban J connectivity index is 1.46. The number of thiophene rings is 1. The van der Waals surface area contributed by atoms with Gasteiger partial charge in [0, 0.05) is 49.2 Å². The molecule has 6 nitrogen and oxygen atoms in total. The van der Waals surface area contributed by atoms with E-state index in [1.165, 1.54) is 11.3 Å². The highest BCUT2D eigenvalue weighted by Crippen LogP contribution is 2.30. The van der Waals surface area contributed by atoms with Crippen molar-refractivity contribution in [1.29, 1.82) is 0 Å². The van der Waals surface area contributed by atoms with Gasteiger partial charge in [0.2, 0.25) is 0 Å². The number of carbonyl (C=O) groups is 1. The molecule has 1 fully saturated rings. The molecule has 0 saturated carbocycles. The van der Waals surface area contributed by atoms with Crippen LogP contribution in [-0.2, 0) is 0 Å². The fourth-order valence-electron chi connectivity index (χ4n) is 4.00. The smallest absolute Gasteiger partial charge is 0.263 e. The lowest BCUT2D eigenvalue weighted by Gasteiger charge is -2.33. The van der Waals surface area contributed by atoms with Crippen molar-refractivity contribution in [3.05, 3.63) is 62.3 Å². The van der Waals surface area contributed by atoms with Crippen LogP contribution in [0.2, 0.25) is 4.34 Å². The van der Waals surface area contributed by atoms with E-state index < -0.39 is 0 Å². The van der Waals surface area contributed by atoms with Crippen molar-refractivity contribution in [3.63, 3.8) is 0 Å². The molecule has 0 spiro atoms. The number of piperidine rings is 1. The molecule has 28 heavy (non-hydrogen) atoms. The van der Waals surface area contributed by atoms with Gasteiger partial charge in [-0.3, -0.25) is 9.59 Å². The third-order valence-corrected chi connectivity index (χ3v) is 6.62. The lowest BCUT2D eigenvalue weighted by molar-refractivity contribution is 0.0701. The highest BCUT2D eigenvalue weighted by atomic mass is 35.5. The predicted octanol–water partition coefficient (Wildman–Crippen LogP) is 4.07. The van der Waals surface area contributed by atoms with E-state index in [-0.39, 0.29) is 17.4 Å². The van der Waals surface area contributed by atoms with E-state index in [1.54, 1.807) is 24.4 Å². The zero-order valence-electron chi connectivity index (χ0n) is 14.9. The van der Waals surface area contributed by atoms with Gasteiger partial charge in [-0.25, -0.2) is 4.98 Å². The first-order valence-electron chi connectivity index (χ1n) is 9.13. The van der Waals surface area contributed by atoms with E-state index >= 15 is 0 Å². The molecular formula is C20H17ClN4O2S. The van der Waals surface area contributed by atoms with Crippen molar-refractivity contribution >= 4 is 50.8 Å². The normalized spacial score (nSPS) is 15.5. The molecule has 4 aromatic heterocycles. The summed E-state index contributed by atoms with van der Waals surface area (Å²) in [6.07, 6.45) is 7.02. The number of fused-ring (bicyclic) bond motifs is 3. The van der Waals surface area contributed by atoms with Crippen LogP contribution in [0.3, 0.4) is 0 Å². The molecule has 0 unspecified atom stereocenters. The van der Waals surface area contributed by atoms with Gasteiger partial charge in [0.25, 0.3) is 5.91 Å². The maximum Gasteiger partial charge on any atom is 0.263 e. The molecule has 8 heteroatoms. The van der Waals surface area contributed by atoms with E-state index in [4.69, 9.17) is 11.6 Å². The monoisotopic (exact) mass is 412 g/mol. The van der Waals surface area contributed by atoms with Crippen LogP contribution in [0.5, 0.6) is 0 Å². The van der Waals surface area contributed by atoms with E-state index in [2.05, 4.69) is 14.5 Å². The number of hydrogen-bond acceptors (Lipinski definition) is 4. The molecular weight excluding hydrogens is 396 g/mol. The molecule has 5 rings (SSSR count). The summed E-state index contributed by atoms with van der Waals surface area (Å²) in [6, 6.07) is 7.33. The molecule has 0 bridgehead atoms. The quantitative estimate of drug-likeness (QED) is 0.539. The predicted molar refractivity (Wildman–Crippen MR) is 111 cm³/mol. The minimum absolute atomic E-state index is 0.0240. The van der Waals surface area contributed by atoms with Crippen molar-refractivity contribution in [2.24, 2.45) is 0 Å². The molecule has 1 saturated heterocycles. The van der Waals surface area contributed by atoms with Gasteiger partial charge in [-0.15, -0.1) is 11.3 Å². The van der Waals surface area contributed by atoms with Crippen LogP contribution in [0, 0.1) is 0 Å². The van der Waals surface area contributed by atoms with Gasteiger partial charge in [-0.2, -0.15) is 0 Å². The standard InChI is InChI=1S/C20H17ClN4O2S/c21-17-2-1-16(28-17)20(27)24-8-4-12(5-9-24)25-10-6-15(26)14-11-23-19-13(18(14)25)3-7-22-19/h1-3,6-7,10-12H,4-5,8-9H2,(H,22,23). The number of pyridine rings is 2. The Morgan fingerprint density at radius 2 is 2.00 bits per heavy atom. The Bertz CT molecular complexity index is 1250. The van der Waals surface area contributed by atoms with Crippen LogP contribution in [0.4, 0.5) is 0 Å². The summed E-state index contributed by atoms with van der Waals surface area (Å²) in [7, 11) is 0. The first-order chi connectivity index (χ1) is 13.6. The Labute approximate surface area is 169 Å². The Hall–Kier alpha value is -2.64. The number of nitrogens with zero attached hydrogens (tertiary/aromatic N) is 3. The number of hydrogen-bond donors (Lipinski definition) is 1. The highest BCUT2D eigenvalue weighted by Gasteiger charge is 2.26. The fourth-order valence-corrected chi connectivity index (χ4v) is 5.01. The number of aromatic nitrogens is 3. The van der Waals surface area contributed by atoms with Gasteiger partial charge in [0.1, 0.15) is 5.65 Å². The summed E-state index contributed by atoms with van der Waals surface area (Å²) in [4.78, 5) is 35.1. The topological polar surface area (TPSA) is 71.0 Å². The Kier molecular flexibility index (Phi) is 4.21. The molecule has 1 amide bonds. The molecule has 142 valence electrons. The number of likely N-dealkylation sites (tertiary alicyclic amines) is 1. The second-order valence-corrected chi connectivity index (χ2v) is 8.69. The minimum atomic E-state index is -0.0240. The number of amides is 1. The van der Waals surface area contributed by atoms with E-state index in [9.17, 15) is 9.59 Å². The maximum absolute atomic E-state index is 12.7. The van der Waals surface area contributed by atoms with Gasteiger partial charge < -0.3 is 14.5 Å². The summed E-state index contributed by atoms with van der Waals surface area (Å²) >= 11 is 7.28. The Morgan fingerprint density at radius 1 is 1.18 bits per heavy atom. The average molecular weight is 413 g/mol. The van der Waals surface area contributed by atoms with Crippen molar-refractivity contribution in [2.45, 2.75) is 18.9 Å². The zero-order chi connectivity index (χ0) is 19.3. The lowest BCUT2D eigenvalue weighted by atomic mass is 10.0. The zero-order valence-corrected chi connectivity index (χ0v) is 16.5. The number of halogens is 1. The number of rotatable bonds is 2. The van der Waals surface area contributed by atoms with Gasteiger partial charge in [0.05, 0.1) is 20.1 Å². The largest absolute Gasteiger partial charge is 0.346 e. The lowest BCUT2D eigenvalue weighted by Crippen LogP contribution is -2.38. The minimum Gasteiger partial charge on any atom is -0.346 e. The summed E-state index contributed by atoms with van der Waals surface area (Å²) in [6.45, 7) is 1.35. The summed E-state index contributed by atoms with van der Waals surface area (Å²) < 4.78 is 2.81. The van der Waals surface area contributed by atoms with Crippen molar-refractivity contribution in [1.82, 2.24) is 19.4 Å². The number of aromatic amines is 1. The number of carbonyl (C=O) groups excluding carboxylic acids is 1. The molecule has 1 aliphatic rings. The third-order valence-electron chi connectivity index (χ3n) is 5.40. The summed E-state index contributed by atoms with van der Waals surface area (Å²) in [5, 5.41) is 1.57. The molecule has 0 aromatic carbocycles. The van der Waals surface area contributed by atoms with Crippen molar-refractivity contribution in [2.75, 3.05) is 13.1 Å². The van der Waals surface area contributed by atoms with E-state index in [0.717, 1.165) is 29.4 Å². The van der Waals surface area contributed by atoms with E-state index in [1.807, 2.05) is 23.4 Å². The summed E-state index contributed by atoms with van der Waals surface area (Å²) in [5.41, 5.74) is 1.66. The van der Waals surface area contributed by atoms with Crippen LogP contribution in [0.25, 0.3) is 21.9 Å². The summed E-state index contributed by atoms with van der Waals surface area (Å²) in [5.74, 6) is 0.0392. The van der Waals surface area contributed by atoms with E-state index in [0.29, 0.717) is 27.7 Å². The second kappa shape index (κ2) is 6.76. The molecule has 0 aliphatic carbocycles. The average Bonchev–Trinajstić information content (AvgIpc) is 3.37. The van der Waals surface area contributed by atoms with Crippen molar-refractivity contribution < 1.29 is 4.79 Å². The van der Waals surface area contributed by atoms with Crippen LogP contribution in [0.1, 0.15) is 28.6 Å². The first-order valence-corrected chi connectivity index (χ1v) is 10.3. The fraction of sp³-hybridized carbons (Fsp3) is 0.250. The first kappa shape index (κ1) is 17.5. The van der Waals surface area contributed by atoms with Gasteiger partial charge >= 0.3 is 0 Å². The van der Waals surface area contributed by atoms with Crippen molar-refractivity contribution in [3.8, 4) is 0 Å². The van der Waals surface area contributed by atoms with Gasteiger partial charge in [-0.1, -0.05) is 11.6 Å². The second-order valence-electron chi connectivity index (χ2n) is 6.97. The highest BCUT2D eigenvalue weighted by molar-refractivity contribution is 7.17. The van der Waals surface area contributed by atoms with Crippen LogP contribution < -0.4 is 5.43 Å². The van der Waals surface area contributed by atoms with Gasteiger partial charge in [-0.05, 0) is 31.0 Å². The number of H-pyrrole nitrogens is 1. The molecule has 5 heterocycles. The molecule has 0 atom stereocenters. The maximum atomic E-state index is 12.7. The SMILES string of the molecule is O=C(c1ccc(Cl)s1)N1CCC(n2ccc(=O)c3cnc4[nH]ccc4c32)CC1.